The van der Waals surface area contributed by atoms with Gasteiger partial charge in [0.2, 0.25) is 0 Å². The van der Waals surface area contributed by atoms with E-state index in [0.717, 1.165) is 24.3 Å². The van der Waals surface area contributed by atoms with Crippen molar-refractivity contribution in [3.63, 3.8) is 0 Å². The maximum Gasteiger partial charge on any atom is -0.00436 e. The lowest BCUT2D eigenvalue weighted by molar-refractivity contribution is 0.0992. The lowest BCUT2D eigenvalue weighted by atomic mass is 9.65. The molecule has 0 aromatic rings. The van der Waals surface area contributed by atoms with Gasteiger partial charge in [0.25, 0.3) is 0 Å². The second-order valence-electron chi connectivity index (χ2n) is 4.28. The van der Waals surface area contributed by atoms with Crippen LogP contribution >= 0.6 is 0 Å². The fourth-order valence-corrected chi connectivity index (χ4v) is 3.20. The van der Waals surface area contributed by atoms with Crippen LogP contribution in [0.3, 0.4) is 0 Å². The summed E-state index contributed by atoms with van der Waals surface area (Å²) in [6, 6.07) is 0. The summed E-state index contributed by atoms with van der Waals surface area (Å²) in [6.45, 7) is 0.954. The summed E-state index contributed by atoms with van der Waals surface area (Å²) in [5.74, 6) is 2.91. The molecule has 2 N–H and O–H groups in total. The van der Waals surface area contributed by atoms with Gasteiger partial charge in [0.05, 0.1) is 0 Å². The van der Waals surface area contributed by atoms with Crippen LogP contribution in [0.15, 0.2) is 0 Å². The molecule has 0 radical (unpaired) electrons. The second-order valence-corrected chi connectivity index (χ2v) is 4.28. The van der Waals surface area contributed by atoms with E-state index in [9.17, 15) is 0 Å². The third-order valence-corrected chi connectivity index (χ3v) is 3.78. The minimum Gasteiger partial charge on any atom is -0.330 e. The first-order chi connectivity index (χ1) is 5.42. The third-order valence-electron chi connectivity index (χ3n) is 3.78. The van der Waals surface area contributed by atoms with Crippen molar-refractivity contribution in [3.05, 3.63) is 0 Å². The van der Waals surface area contributed by atoms with Crippen LogP contribution in [0.1, 0.15) is 38.5 Å². The molecule has 0 unspecified atom stereocenters. The van der Waals surface area contributed by atoms with Gasteiger partial charge in [-0.05, 0) is 24.3 Å². The van der Waals surface area contributed by atoms with E-state index in [1.54, 1.807) is 0 Å². The summed E-state index contributed by atoms with van der Waals surface area (Å²) in [4.78, 5) is 0. The molecular weight excluding hydrogens is 134 g/mol. The van der Waals surface area contributed by atoms with Crippen molar-refractivity contribution in [1.82, 2.24) is 0 Å². The lowest BCUT2D eigenvalue weighted by Crippen LogP contribution is -2.37. The smallest absolute Gasteiger partial charge is 0.00436 e. The van der Waals surface area contributed by atoms with Crippen molar-refractivity contribution in [2.24, 2.45) is 23.5 Å². The number of hydrogen-bond acceptors (Lipinski definition) is 1. The molecule has 0 heterocycles. The number of rotatable bonds is 1. The summed E-state index contributed by atoms with van der Waals surface area (Å²) in [5.41, 5.74) is 5.79. The first kappa shape index (κ1) is 7.60. The Morgan fingerprint density at radius 1 is 0.909 bits per heavy atom. The van der Waals surface area contributed by atoms with Crippen molar-refractivity contribution in [3.8, 4) is 0 Å². The standard InChI is InChI=1S/C10H19N/c11-7-10-8-3-1-4-9(10)6-2-5-8/h8-10H,1-7,11H2. The maximum atomic E-state index is 5.79. The molecule has 2 rings (SSSR count). The van der Waals surface area contributed by atoms with Crippen LogP contribution in [0.25, 0.3) is 0 Å². The van der Waals surface area contributed by atoms with Crippen LogP contribution in [0, 0.1) is 17.8 Å². The molecule has 0 aromatic carbocycles. The van der Waals surface area contributed by atoms with E-state index >= 15 is 0 Å². The lowest BCUT2D eigenvalue weighted by Gasteiger charge is -2.42. The van der Waals surface area contributed by atoms with E-state index in [4.69, 9.17) is 5.73 Å². The van der Waals surface area contributed by atoms with E-state index in [-0.39, 0.29) is 0 Å². The fourth-order valence-electron chi connectivity index (χ4n) is 3.20. The van der Waals surface area contributed by atoms with Gasteiger partial charge >= 0.3 is 0 Å². The zero-order chi connectivity index (χ0) is 7.68. The maximum absolute atomic E-state index is 5.79. The molecule has 0 aromatic heterocycles. The van der Waals surface area contributed by atoms with Crippen LogP contribution in [0.5, 0.6) is 0 Å². The summed E-state index contributed by atoms with van der Waals surface area (Å²) in [5, 5.41) is 0. The van der Waals surface area contributed by atoms with Gasteiger partial charge in [-0.2, -0.15) is 0 Å². The van der Waals surface area contributed by atoms with Crippen LogP contribution < -0.4 is 5.73 Å². The van der Waals surface area contributed by atoms with Crippen molar-refractivity contribution in [2.75, 3.05) is 6.54 Å². The van der Waals surface area contributed by atoms with Crippen molar-refractivity contribution < 1.29 is 0 Å². The van der Waals surface area contributed by atoms with Gasteiger partial charge in [-0.25, -0.2) is 0 Å². The highest BCUT2D eigenvalue weighted by molar-refractivity contribution is 4.86. The number of nitrogens with two attached hydrogens (primary N) is 1. The van der Waals surface area contributed by atoms with Gasteiger partial charge in [-0.3, -0.25) is 0 Å². The molecular formula is C10H19N. The average Bonchev–Trinajstić information content (AvgIpc) is 2.03. The van der Waals surface area contributed by atoms with Gasteiger partial charge in [0, 0.05) is 0 Å². The Hall–Kier alpha value is -0.0400. The monoisotopic (exact) mass is 153 g/mol. The molecule has 0 saturated heterocycles. The van der Waals surface area contributed by atoms with Crippen molar-refractivity contribution in [1.29, 1.82) is 0 Å². The quantitative estimate of drug-likeness (QED) is 0.614. The second kappa shape index (κ2) is 3.14. The van der Waals surface area contributed by atoms with Crippen LogP contribution in [0.2, 0.25) is 0 Å². The number of fused-ring (bicyclic) bond motifs is 2. The van der Waals surface area contributed by atoms with E-state index in [0.29, 0.717) is 0 Å². The molecule has 0 amide bonds. The topological polar surface area (TPSA) is 26.0 Å². The summed E-state index contributed by atoms with van der Waals surface area (Å²) in [6.07, 6.45) is 8.84. The highest BCUT2D eigenvalue weighted by atomic mass is 14.6. The van der Waals surface area contributed by atoms with Gasteiger partial charge in [0.1, 0.15) is 0 Å². The van der Waals surface area contributed by atoms with E-state index < -0.39 is 0 Å². The molecule has 64 valence electrons. The first-order valence-electron chi connectivity index (χ1n) is 5.12. The van der Waals surface area contributed by atoms with Gasteiger partial charge in [0.15, 0.2) is 0 Å². The Bertz CT molecular complexity index is 111. The fraction of sp³-hybridized carbons (Fsp3) is 1.00. The molecule has 2 aliphatic carbocycles. The van der Waals surface area contributed by atoms with Crippen LogP contribution in [-0.2, 0) is 0 Å². The first-order valence-corrected chi connectivity index (χ1v) is 5.12. The minimum absolute atomic E-state index is 0.900. The summed E-state index contributed by atoms with van der Waals surface area (Å²) >= 11 is 0. The highest BCUT2D eigenvalue weighted by Gasteiger charge is 2.34. The molecule has 1 nitrogen and oxygen atoms in total. The van der Waals surface area contributed by atoms with Crippen molar-refractivity contribution >= 4 is 0 Å². The largest absolute Gasteiger partial charge is 0.330 e. The van der Waals surface area contributed by atoms with Crippen LogP contribution in [-0.4, -0.2) is 6.54 Å². The van der Waals surface area contributed by atoms with Crippen LogP contribution in [0.4, 0.5) is 0 Å². The van der Waals surface area contributed by atoms with E-state index in [1.165, 1.54) is 38.5 Å². The molecule has 2 bridgehead atoms. The molecule has 1 heteroatoms. The van der Waals surface area contributed by atoms with Gasteiger partial charge in [-0.1, -0.05) is 38.5 Å². The normalized spacial score (nSPS) is 43.9. The summed E-state index contributed by atoms with van der Waals surface area (Å²) < 4.78 is 0. The highest BCUT2D eigenvalue weighted by Crippen LogP contribution is 2.43. The molecule has 2 fully saturated rings. The van der Waals surface area contributed by atoms with E-state index in [1.807, 2.05) is 0 Å². The molecule has 0 spiro atoms. The Labute approximate surface area is 69.4 Å². The van der Waals surface area contributed by atoms with Gasteiger partial charge in [-0.15, -0.1) is 0 Å². The zero-order valence-electron chi connectivity index (χ0n) is 7.26. The Kier molecular flexibility index (Phi) is 2.17. The molecule has 0 aliphatic heterocycles. The van der Waals surface area contributed by atoms with Crippen molar-refractivity contribution in [2.45, 2.75) is 38.5 Å². The number of hydrogen-bond donors (Lipinski definition) is 1. The molecule has 0 atom stereocenters. The average molecular weight is 153 g/mol. The SMILES string of the molecule is NCC1C2CCCC1CCC2. The van der Waals surface area contributed by atoms with Gasteiger partial charge < -0.3 is 5.73 Å². The summed E-state index contributed by atoms with van der Waals surface area (Å²) in [7, 11) is 0. The predicted octanol–water partition coefficient (Wildman–Crippen LogP) is 2.16. The Balaban J connectivity index is 2.04. The molecule has 2 aliphatic rings. The predicted molar refractivity (Wildman–Crippen MR) is 47.2 cm³/mol. The Morgan fingerprint density at radius 3 is 1.64 bits per heavy atom. The molecule has 11 heavy (non-hydrogen) atoms. The third kappa shape index (κ3) is 1.31. The Morgan fingerprint density at radius 2 is 1.36 bits per heavy atom. The molecule has 2 saturated carbocycles. The minimum atomic E-state index is 0.900. The van der Waals surface area contributed by atoms with E-state index in [2.05, 4.69) is 0 Å². The zero-order valence-corrected chi connectivity index (χ0v) is 7.26.